The van der Waals surface area contributed by atoms with Gasteiger partial charge in [-0.15, -0.1) is 0 Å². The Morgan fingerprint density at radius 2 is 1.72 bits per heavy atom. The van der Waals surface area contributed by atoms with E-state index in [-0.39, 0.29) is 11.6 Å². The summed E-state index contributed by atoms with van der Waals surface area (Å²) in [4.78, 5) is 10.2. The summed E-state index contributed by atoms with van der Waals surface area (Å²) in [6.45, 7) is 13.5. The third kappa shape index (κ3) is 15.4. The number of piperidine rings is 1. The fourth-order valence-corrected chi connectivity index (χ4v) is 1.50. The van der Waals surface area contributed by atoms with Crippen molar-refractivity contribution in [2.75, 3.05) is 19.7 Å². The Hall–Kier alpha value is -0.610. The van der Waals surface area contributed by atoms with Crippen LogP contribution in [0, 0.1) is 5.92 Å². The number of esters is 1. The van der Waals surface area contributed by atoms with Gasteiger partial charge < -0.3 is 15.2 Å². The quantitative estimate of drug-likeness (QED) is 0.711. The molecule has 1 fully saturated rings. The maximum absolute atomic E-state index is 10.2. The minimum atomic E-state index is -0.328. The summed E-state index contributed by atoms with van der Waals surface area (Å²) in [5, 5.41) is 11.9. The highest BCUT2D eigenvalue weighted by Gasteiger charge is 2.11. The van der Waals surface area contributed by atoms with E-state index in [0.717, 1.165) is 25.9 Å². The maximum Gasteiger partial charge on any atom is 0.303 e. The van der Waals surface area contributed by atoms with Gasteiger partial charge in [-0.05, 0) is 52.6 Å². The first-order chi connectivity index (χ1) is 8.35. The van der Waals surface area contributed by atoms with Gasteiger partial charge in [0, 0.05) is 13.5 Å². The lowest BCUT2D eigenvalue weighted by Gasteiger charge is -2.19. The summed E-state index contributed by atoms with van der Waals surface area (Å²) in [6, 6.07) is 0. The van der Waals surface area contributed by atoms with Gasteiger partial charge >= 0.3 is 5.97 Å². The molecule has 0 atom stereocenters. The van der Waals surface area contributed by atoms with Crippen molar-refractivity contribution in [1.82, 2.24) is 5.32 Å². The molecule has 1 heterocycles. The van der Waals surface area contributed by atoms with E-state index >= 15 is 0 Å². The predicted molar refractivity (Wildman–Crippen MR) is 75.5 cm³/mol. The van der Waals surface area contributed by atoms with Crippen LogP contribution in [0.1, 0.15) is 54.4 Å². The van der Waals surface area contributed by atoms with E-state index in [1.165, 1.54) is 6.92 Å². The van der Waals surface area contributed by atoms with Gasteiger partial charge in [-0.2, -0.15) is 0 Å². The van der Waals surface area contributed by atoms with Gasteiger partial charge in [0.1, 0.15) is 5.60 Å². The van der Waals surface area contributed by atoms with Crippen LogP contribution in [-0.4, -0.2) is 36.4 Å². The number of aliphatic hydroxyl groups excluding tert-OH is 1. The number of nitrogens with one attached hydrogen (secondary N) is 1. The van der Waals surface area contributed by atoms with Crippen LogP contribution in [0.4, 0.5) is 0 Å². The lowest BCUT2D eigenvalue weighted by atomic mass is 10.00. The van der Waals surface area contributed by atoms with E-state index in [9.17, 15) is 4.79 Å². The van der Waals surface area contributed by atoms with Gasteiger partial charge in [0.05, 0.1) is 0 Å². The van der Waals surface area contributed by atoms with Crippen LogP contribution in [0.25, 0.3) is 0 Å². The van der Waals surface area contributed by atoms with Crippen molar-refractivity contribution < 1.29 is 14.6 Å². The van der Waals surface area contributed by atoms with Gasteiger partial charge in [-0.25, -0.2) is 0 Å². The molecular weight excluding hydrogens is 230 g/mol. The molecule has 2 N–H and O–H groups in total. The second-order valence-electron chi connectivity index (χ2n) is 5.08. The molecule has 0 spiro atoms. The Bertz CT molecular complexity index is 194. The largest absolute Gasteiger partial charge is 0.460 e. The SMILES string of the molecule is CC.CC(=O)OC(C)(C)C.OCC1CCNCC1. The van der Waals surface area contributed by atoms with E-state index in [0.29, 0.717) is 12.5 Å². The van der Waals surface area contributed by atoms with Crippen LogP contribution in [-0.2, 0) is 9.53 Å². The van der Waals surface area contributed by atoms with Gasteiger partial charge in [-0.3, -0.25) is 4.79 Å². The number of carbonyl (C=O) groups excluding carboxylic acids is 1. The first-order valence-electron chi connectivity index (χ1n) is 6.86. The Morgan fingerprint density at radius 1 is 1.28 bits per heavy atom. The molecule has 110 valence electrons. The summed E-state index contributed by atoms with van der Waals surface area (Å²) in [5.41, 5.74) is -0.328. The average Bonchev–Trinajstić information content (AvgIpc) is 2.30. The number of ether oxygens (including phenoxy) is 1. The zero-order chi connectivity index (χ0) is 14.6. The van der Waals surface area contributed by atoms with E-state index in [4.69, 9.17) is 9.84 Å². The van der Waals surface area contributed by atoms with Gasteiger partial charge in [0.15, 0.2) is 0 Å². The number of hydrogen-bond donors (Lipinski definition) is 2. The Balaban J connectivity index is 0. The molecule has 1 saturated heterocycles. The Kier molecular flexibility index (Phi) is 12.6. The molecule has 1 aliphatic heterocycles. The monoisotopic (exact) mass is 261 g/mol. The molecule has 0 amide bonds. The highest BCUT2D eigenvalue weighted by molar-refractivity contribution is 5.66. The summed E-state index contributed by atoms with van der Waals surface area (Å²) in [6.07, 6.45) is 2.30. The van der Waals surface area contributed by atoms with E-state index in [1.54, 1.807) is 0 Å². The van der Waals surface area contributed by atoms with E-state index in [1.807, 2.05) is 34.6 Å². The lowest BCUT2D eigenvalue weighted by Crippen LogP contribution is -2.29. The minimum absolute atomic E-state index is 0.225. The summed E-state index contributed by atoms with van der Waals surface area (Å²) in [7, 11) is 0. The maximum atomic E-state index is 10.2. The van der Waals surface area contributed by atoms with Gasteiger partial charge in [0.2, 0.25) is 0 Å². The van der Waals surface area contributed by atoms with Crippen molar-refractivity contribution in [3.63, 3.8) is 0 Å². The lowest BCUT2D eigenvalue weighted by molar-refractivity contribution is -0.151. The molecule has 1 aliphatic rings. The van der Waals surface area contributed by atoms with Crippen molar-refractivity contribution in [1.29, 1.82) is 0 Å². The molecule has 4 nitrogen and oxygen atoms in total. The van der Waals surface area contributed by atoms with Crippen molar-refractivity contribution in [3.8, 4) is 0 Å². The van der Waals surface area contributed by atoms with Crippen LogP contribution in [0.2, 0.25) is 0 Å². The molecule has 0 unspecified atom stereocenters. The first kappa shape index (κ1) is 19.7. The first-order valence-corrected chi connectivity index (χ1v) is 6.86. The fraction of sp³-hybridized carbons (Fsp3) is 0.929. The molecule has 0 saturated carbocycles. The van der Waals surface area contributed by atoms with Gasteiger partial charge in [0.25, 0.3) is 0 Å². The topological polar surface area (TPSA) is 58.6 Å². The molecule has 0 aromatic rings. The van der Waals surface area contributed by atoms with E-state index in [2.05, 4.69) is 5.32 Å². The number of hydrogen-bond acceptors (Lipinski definition) is 4. The molecule has 0 aromatic heterocycles. The van der Waals surface area contributed by atoms with Crippen LogP contribution in [0.15, 0.2) is 0 Å². The highest BCUT2D eigenvalue weighted by atomic mass is 16.6. The zero-order valence-corrected chi connectivity index (χ0v) is 12.9. The smallest absolute Gasteiger partial charge is 0.303 e. The van der Waals surface area contributed by atoms with Crippen LogP contribution in [0.5, 0.6) is 0 Å². The van der Waals surface area contributed by atoms with Crippen molar-refractivity contribution >= 4 is 5.97 Å². The molecule has 0 radical (unpaired) electrons. The zero-order valence-electron chi connectivity index (χ0n) is 12.9. The normalized spacial score (nSPS) is 15.7. The van der Waals surface area contributed by atoms with Crippen molar-refractivity contribution in [3.05, 3.63) is 0 Å². The van der Waals surface area contributed by atoms with Gasteiger partial charge in [-0.1, -0.05) is 13.8 Å². The third-order valence-corrected chi connectivity index (χ3v) is 2.17. The fourth-order valence-electron chi connectivity index (χ4n) is 1.50. The molecule has 0 aliphatic carbocycles. The number of rotatable bonds is 1. The Morgan fingerprint density at radius 3 is 1.89 bits per heavy atom. The second kappa shape index (κ2) is 11.5. The van der Waals surface area contributed by atoms with E-state index < -0.39 is 0 Å². The standard InChI is InChI=1S/C6H13NO.C6H12O2.C2H6/c8-5-6-1-3-7-4-2-6;1-5(7)8-6(2,3)4;1-2/h6-8H,1-5H2;1-4H3;1-2H3. The van der Waals surface area contributed by atoms with Crippen molar-refractivity contribution in [2.24, 2.45) is 5.92 Å². The third-order valence-electron chi connectivity index (χ3n) is 2.17. The van der Waals surface area contributed by atoms with Crippen molar-refractivity contribution in [2.45, 2.75) is 60.0 Å². The highest BCUT2D eigenvalue weighted by Crippen LogP contribution is 2.08. The van der Waals surface area contributed by atoms with Crippen LogP contribution >= 0.6 is 0 Å². The summed E-state index contributed by atoms with van der Waals surface area (Å²) in [5.74, 6) is 0.355. The summed E-state index contributed by atoms with van der Waals surface area (Å²) < 4.78 is 4.80. The molecule has 4 heteroatoms. The number of aliphatic hydroxyl groups is 1. The Labute approximate surface area is 112 Å². The minimum Gasteiger partial charge on any atom is -0.460 e. The molecule has 1 rings (SSSR count). The average molecular weight is 261 g/mol. The molecule has 18 heavy (non-hydrogen) atoms. The van der Waals surface area contributed by atoms with Crippen LogP contribution in [0.3, 0.4) is 0 Å². The summed E-state index contributed by atoms with van der Waals surface area (Å²) >= 11 is 0. The van der Waals surface area contributed by atoms with Crippen LogP contribution < -0.4 is 5.32 Å². The molecule has 0 aromatic carbocycles. The predicted octanol–water partition coefficient (Wildman–Crippen LogP) is 2.35. The molecule has 0 bridgehead atoms. The molecular formula is C14H31NO3. The second-order valence-corrected chi connectivity index (χ2v) is 5.08. The number of carbonyl (C=O) groups is 1.